The number of aromatic amines is 1. The predicted molar refractivity (Wildman–Crippen MR) is 58.0 cm³/mol. The van der Waals surface area contributed by atoms with Crippen LogP contribution in [0.1, 0.15) is 11.8 Å². The van der Waals surface area contributed by atoms with Gasteiger partial charge in [-0.2, -0.15) is 0 Å². The summed E-state index contributed by atoms with van der Waals surface area (Å²) in [5, 5.41) is 18.3. The minimum Gasteiger partial charge on any atom is -0.394 e. The number of rotatable bonds is 2. The number of nitrogens with zero attached hydrogens (tertiary/aromatic N) is 1. The van der Waals surface area contributed by atoms with Crippen molar-refractivity contribution in [3.05, 3.63) is 32.6 Å². The van der Waals surface area contributed by atoms with Gasteiger partial charge in [-0.15, -0.1) is 0 Å². The number of halogens is 1. The van der Waals surface area contributed by atoms with E-state index in [1.807, 2.05) is 4.98 Å². The molecule has 1 aromatic rings. The molecular formula is C10H13FN2O5. The Hall–Kier alpha value is -1.51. The highest BCUT2D eigenvalue weighted by molar-refractivity contribution is 5.03. The largest absolute Gasteiger partial charge is 0.394 e. The second-order valence-corrected chi connectivity index (χ2v) is 4.16. The van der Waals surface area contributed by atoms with Crippen LogP contribution in [0, 0.1) is 6.92 Å². The topological polar surface area (TPSA) is 105 Å². The van der Waals surface area contributed by atoms with Gasteiger partial charge in [0.15, 0.2) is 12.4 Å². The molecule has 7 nitrogen and oxygen atoms in total. The number of aryl methyl sites for hydroxylation is 1. The highest BCUT2D eigenvalue weighted by Crippen LogP contribution is 2.30. The fraction of sp³-hybridized carbons (Fsp3) is 0.600. The third kappa shape index (κ3) is 1.98. The Morgan fingerprint density at radius 1 is 1.56 bits per heavy atom. The average Bonchev–Trinajstić information content (AvgIpc) is 2.61. The van der Waals surface area contributed by atoms with E-state index in [1.54, 1.807) is 0 Å². The molecule has 8 heteroatoms. The van der Waals surface area contributed by atoms with E-state index in [4.69, 9.17) is 9.84 Å². The molecule has 1 unspecified atom stereocenters. The fourth-order valence-corrected chi connectivity index (χ4v) is 1.85. The summed E-state index contributed by atoms with van der Waals surface area (Å²) < 4.78 is 19.7. The van der Waals surface area contributed by atoms with Gasteiger partial charge >= 0.3 is 5.69 Å². The minimum atomic E-state index is -1.86. The van der Waals surface area contributed by atoms with Crippen molar-refractivity contribution in [2.45, 2.75) is 31.5 Å². The number of nitrogens with one attached hydrogen (secondary N) is 1. The molecule has 0 aromatic carbocycles. The fourth-order valence-electron chi connectivity index (χ4n) is 1.85. The maximum atomic E-state index is 13.8. The third-order valence-electron chi connectivity index (χ3n) is 2.89. The maximum Gasteiger partial charge on any atom is 0.330 e. The van der Waals surface area contributed by atoms with Crippen LogP contribution >= 0.6 is 0 Å². The van der Waals surface area contributed by atoms with Crippen molar-refractivity contribution in [3.8, 4) is 0 Å². The minimum absolute atomic E-state index is 0.215. The molecule has 0 amide bonds. The molecule has 1 aromatic heterocycles. The molecule has 0 spiro atoms. The van der Waals surface area contributed by atoms with E-state index < -0.39 is 42.5 Å². The number of aliphatic hydroxyl groups excluding tert-OH is 2. The van der Waals surface area contributed by atoms with Crippen molar-refractivity contribution in [1.29, 1.82) is 0 Å². The maximum absolute atomic E-state index is 13.8. The van der Waals surface area contributed by atoms with Crippen molar-refractivity contribution in [3.63, 3.8) is 0 Å². The summed E-state index contributed by atoms with van der Waals surface area (Å²) in [5.41, 5.74) is -1.18. The van der Waals surface area contributed by atoms with Crippen LogP contribution < -0.4 is 11.2 Å². The standard InChI is InChI=1S/C10H13FN2O5/c1-4-2-13(10(17)12-8(4)16)9-6(11)7(15)5(3-14)18-9/h2,5-7,9,14-15H,3H2,1H3,(H,12,16,17)/t5-,6-,7?,9-/m0/s1. The first-order valence-corrected chi connectivity index (χ1v) is 5.36. The van der Waals surface area contributed by atoms with E-state index in [1.165, 1.54) is 6.92 Å². The van der Waals surface area contributed by atoms with Crippen LogP contribution in [0.5, 0.6) is 0 Å². The van der Waals surface area contributed by atoms with Gasteiger partial charge in [0, 0.05) is 11.8 Å². The van der Waals surface area contributed by atoms with E-state index in [0.717, 1.165) is 10.8 Å². The zero-order valence-electron chi connectivity index (χ0n) is 9.54. The zero-order valence-corrected chi connectivity index (χ0v) is 9.54. The van der Waals surface area contributed by atoms with Crippen LogP contribution in [0.4, 0.5) is 4.39 Å². The molecule has 0 bridgehead atoms. The van der Waals surface area contributed by atoms with E-state index in [9.17, 15) is 19.1 Å². The van der Waals surface area contributed by atoms with Gasteiger partial charge in [-0.05, 0) is 6.92 Å². The normalized spacial score (nSPS) is 31.8. The van der Waals surface area contributed by atoms with Crippen LogP contribution in [0.15, 0.2) is 15.8 Å². The zero-order chi connectivity index (χ0) is 13.4. The third-order valence-corrected chi connectivity index (χ3v) is 2.89. The van der Waals surface area contributed by atoms with Crippen LogP contribution in [0.2, 0.25) is 0 Å². The van der Waals surface area contributed by atoms with Gasteiger partial charge in [-0.1, -0.05) is 0 Å². The average molecular weight is 260 g/mol. The number of H-pyrrole nitrogens is 1. The van der Waals surface area contributed by atoms with Gasteiger partial charge in [-0.25, -0.2) is 9.18 Å². The Balaban J connectivity index is 2.42. The molecule has 1 saturated heterocycles. The lowest BCUT2D eigenvalue weighted by Gasteiger charge is -2.15. The summed E-state index contributed by atoms with van der Waals surface area (Å²) in [5.74, 6) is 0. The highest BCUT2D eigenvalue weighted by Gasteiger charge is 2.45. The lowest BCUT2D eigenvalue weighted by atomic mass is 10.1. The molecule has 1 aliphatic heterocycles. The second-order valence-electron chi connectivity index (χ2n) is 4.16. The smallest absolute Gasteiger partial charge is 0.330 e. The Morgan fingerprint density at radius 3 is 2.78 bits per heavy atom. The molecule has 0 saturated carbocycles. The first-order chi connectivity index (χ1) is 8.45. The van der Waals surface area contributed by atoms with Gasteiger partial charge in [0.05, 0.1) is 6.61 Å². The number of hydrogen-bond acceptors (Lipinski definition) is 5. The summed E-state index contributed by atoms with van der Waals surface area (Å²) in [6.07, 6.45) is -4.67. The van der Waals surface area contributed by atoms with Gasteiger partial charge in [0.25, 0.3) is 5.56 Å². The van der Waals surface area contributed by atoms with Crippen molar-refractivity contribution in [1.82, 2.24) is 9.55 Å². The van der Waals surface area contributed by atoms with Gasteiger partial charge in [0.1, 0.15) is 12.2 Å². The summed E-state index contributed by atoms with van der Waals surface area (Å²) in [6, 6.07) is 0. The van der Waals surface area contributed by atoms with Crippen LogP contribution in [0.3, 0.4) is 0 Å². The SMILES string of the molecule is Cc1cn([C@H]2O[C@@H](CO)C(O)[C@@H]2F)c(=O)[nH]c1=O. The Morgan fingerprint density at radius 2 is 2.22 bits per heavy atom. The predicted octanol–water partition coefficient (Wildman–Crippen LogP) is -1.57. The summed E-state index contributed by atoms with van der Waals surface area (Å²) in [4.78, 5) is 24.7. The molecule has 100 valence electrons. The molecule has 3 N–H and O–H groups in total. The number of alkyl halides is 1. The first kappa shape index (κ1) is 12.9. The molecule has 2 rings (SSSR count). The number of hydrogen-bond donors (Lipinski definition) is 3. The summed E-state index contributed by atoms with van der Waals surface area (Å²) >= 11 is 0. The van der Waals surface area contributed by atoms with Gasteiger partial charge in [-0.3, -0.25) is 14.3 Å². The Kier molecular flexibility index (Phi) is 3.33. The lowest BCUT2D eigenvalue weighted by Crippen LogP contribution is -2.36. The second kappa shape index (κ2) is 4.63. The van der Waals surface area contributed by atoms with Crippen molar-refractivity contribution in [2.24, 2.45) is 0 Å². The van der Waals surface area contributed by atoms with Crippen LogP contribution in [0.25, 0.3) is 0 Å². The highest BCUT2D eigenvalue weighted by atomic mass is 19.1. The van der Waals surface area contributed by atoms with E-state index >= 15 is 0 Å². The van der Waals surface area contributed by atoms with Crippen LogP contribution in [-0.4, -0.2) is 44.8 Å². The molecule has 1 aliphatic rings. The quantitative estimate of drug-likeness (QED) is 0.596. The van der Waals surface area contributed by atoms with E-state index in [0.29, 0.717) is 0 Å². The lowest BCUT2D eigenvalue weighted by molar-refractivity contribution is -0.0492. The number of aliphatic hydroxyl groups is 2. The summed E-state index contributed by atoms with van der Waals surface area (Å²) in [7, 11) is 0. The van der Waals surface area contributed by atoms with Crippen LogP contribution in [-0.2, 0) is 4.74 Å². The molecule has 18 heavy (non-hydrogen) atoms. The molecule has 0 aliphatic carbocycles. The first-order valence-electron chi connectivity index (χ1n) is 5.36. The molecule has 0 radical (unpaired) electrons. The van der Waals surface area contributed by atoms with E-state index in [2.05, 4.69) is 0 Å². The Labute approximate surface area is 100 Å². The van der Waals surface area contributed by atoms with Crippen molar-refractivity contribution >= 4 is 0 Å². The molecule has 2 heterocycles. The number of ether oxygens (including phenoxy) is 1. The molecule has 4 atom stereocenters. The van der Waals surface area contributed by atoms with Crippen molar-refractivity contribution in [2.75, 3.05) is 6.61 Å². The molecular weight excluding hydrogens is 247 g/mol. The van der Waals surface area contributed by atoms with E-state index in [-0.39, 0.29) is 5.56 Å². The summed E-state index contributed by atoms with van der Waals surface area (Å²) in [6.45, 7) is 0.895. The monoisotopic (exact) mass is 260 g/mol. The Bertz CT molecular complexity index is 554. The van der Waals surface area contributed by atoms with Crippen molar-refractivity contribution < 1.29 is 19.3 Å². The molecule has 1 fully saturated rings. The number of aromatic nitrogens is 2. The van der Waals surface area contributed by atoms with Gasteiger partial charge in [0.2, 0.25) is 0 Å². The van der Waals surface area contributed by atoms with Gasteiger partial charge < -0.3 is 14.9 Å².